The summed E-state index contributed by atoms with van der Waals surface area (Å²) in [5.41, 5.74) is 4.69. The lowest BCUT2D eigenvalue weighted by Crippen LogP contribution is -2.13. The highest BCUT2D eigenvalue weighted by atomic mass is 19.4. The van der Waals surface area contributed by atoms with Gasteiger partial charge in [-0.25, -0.2) is 4.68 Å². The summed E-state index contributed by atoms with van der Waals surface area (Å²) in [6, 6.07) is 8.29. The van der Waals surface area contributed by atoms with Crippen LogP contribution in [0.3, 0.4) is 0 Å². The third kappa shape index (κ3) is 2.13. The van der Waals surface area contributed by atoms with Crippen molar-refractivity contribution in [3.63, 3.8) is 0 Å². The van der Waals surface area contributed by atoms with E-state index < -0.39 is 11.9 Å². The molecular formula is C11H7F3N4. The standard InChI is InChI=1S/C11H7F3N4/c12-11(13,14)9-5-10(16)17-18(9)8-3-1-2-7(4-8)6-15/h1-5H,(H2,16,17). The number of rotatable bonds is 1. The minimum absolute atomic E-state index is 0.137. The summed E-state index contributed by atoms with van der Waals surface area (Å²) in [5.74, 6) is -0.232. The van der Waals surface area contributed by atoms with Crippen molar-refractivity contribution in [3.8, 4) is 11.8 Å². The summed E-state index contributed by atoms with van der Waals surface area (Å²) in [5, 5.41) is 12.3. The SMILES string of the molecule is N#Cc1cccc(-n2nc(N)cc2C(F)(F)F)c1. The molecule has 0 spiro atoms. The summed E-state index contributed by atoms with van der Waals surface area (Å²) < 4.78 is 38.9. The van der Waals surface area contributed by atoms with E-state index in [9.17, 15) is 13.2 Å². The minimum Gasteiger partial charge on any atom is -0.382 e. The molecule has 4 nitrogen and oxygen atoms in total. The lowest BCUT2D eigenvalue weighted by Gasteiger charge is -2.09. The number of nitrogen functional groups attached to an aromatic ring is 1. The van der Waals surface area contributed by atoms with Gasteiger partial charge in [-0.1, -0.05) is 6.07 Å². The first-order chi connectivity index (χ1) is 8.41. The highest BCUT2D eigenvalue weighted by Crippen LogP contribution is 2.32. The molecule has 1 aromatic carbocycles. The topological polar surface area (TPSA) is 67.6 Å². The van der Waals surface area contributed by atoms with Gasteiger partial charge in [-0.3, -0.25) is 0 Å². The van der Waals surface area contributed by atoms with Crippen LogP contribution in [0.5, 0.6) is 0 Å². The number of hydrogen-bond donors (Lipinski definition) is 1. The van der Waals surface area contributed by atoms with E-state index in [1.165, 1.54) is 24.3 Å². The summed E-state index contributed by atoms with van der Waals surface area (Å²) in [6.07, 6.45) is -4.56. The van der Waals surface area contributed by atoms with Crippen LogP contribution in [0, 0.1) is 11.3 Å². The third-order valence-electron chi connectivity index (χ3n) is 2.24. The molecule has 2 aromatic rings. The Kier molecular flexibility index (Phi) is 2.71. The van der Waals surface area contributed by atoms with Gasteiger partial charge in [-0.05, 0) is 18.2 Å². The van der Waals surface area contributed by atoms with Crippen LogP contribution < -0.4 is 5.73 Å². The Bertz CT molecular complexity index is 622. The van der Waals surface area contributed by atoms with Gasteiger partial charge in [0, 0.05) is 6.07 Å². The van der Waals surface area contributed by atoms with Crippen molar-refractivity contribution < 1.29 is 13.2 Å². The van der Waals surface area contributed by atoms with Crippen LogP contribution in [0.2, 0.25) is 0 Å². The Balaban J connectivity index is 2.61. The highest BCUT2D eigenvalue weighted by molar-refractivity contribution is 5.44. The predicted molar refractivity (Wildman–Crippen MR) is 57.7 cm³/mol. The smallest absolute Gasteiger partial charge is 0.382 e. The van der Waals surface area contributed by atoms with E-state index >= 15 is 0 Å². The lowest BCUT2D eigenvalue weighted by atomic mass is 10.2. The Morgan fingerprint density at radius 1 is 1.28 bits per heavy atom. The molecule has 0 atom stereocenters. The number of anilines is 1. The predicted octanol–water partition coefficient (Wildman–Crippen LogP) is 2.34. The second kappa shape index (κ2) is 4.07. The Morgan fingerprint density at radius 3 is 2.61 bits per heavy atom. The van der Waals surface area contributed by atoms with Crippen molar-refractivity contribution in [1.29, 1.82) is 5.26 Å². The number of alkyl halides is 3. The number of nitrogens with two attached hydrogens (primary N) is 1. The van der Waals surface area contributed by atoms with E-state index in [-0.39, 0.29) is 17.1 Å². The van der Waals surface area contributed by atoms with Gasteiger partial charge in [0.05, 0.1) is 17.3 Å². The van der Waals surface area contributed by atoms with Gasteiger partial charge in [0.15, 0.2) is 0 Å². The molecule has 0 amide bonds. The monoisotopic (exact) mass is 252 g/mol. The van der Waals surface area contributed by atoms with Crippen LogP contribution in [0.25, 0.3) is 5.69 Å². The molecule has 0 saturated carbocycles. The van der Waals surface area contributed by atoms with Gasteiger partial charge in [0.25, 0.3) is 0 Å². The molecule has 0 aliphatic rings. The molecule has 1 heterocycles. The van der Waals surface area contributed by atoms with Crippen molar-refractivity contribution >= 4 is 5.82 Å². The van der Waals surface area contributed by atoms with Crippen LogP contribution in [-0.2, 0) is 6.18 Å². The van der Waals surface area contributed by atoms with Crippen molar-refractivity contribution in [2.45, 2.75) is 6.18 Å². The first-order valence-electron chi connectivity index (χ1n) is 4.85. The zero-order chi connectivity index (χ0) is 13.3. The zero-order valence-corrected chi connectivity index (χ0v) is 8.94. The minimum atomic E-state index is -4.56. The molecule has 0 aliphatic heterocycles. The van der Waals surface area contributed by atoms with Gasteiger partial charge in [-0.15, -0.1) is 0 Å². The van der Waals surface area contributed by atoms with E-state index in [1.807, 2.05) is 6.07 Å². The van der Waals surface area contributed by atoms with Gasteiger partial charge >= 0.3 is 6.18 Å². The van der Waals surface area contributed by atoms with E-state index in [0.29, 0.717) is 4.68 Å². The summed E-state index contributed by atoms with van der Waals surface area (Å²) in [6.45, 7) is 0. The maximum atomic E-state index is 12.7. The molecule has 0 radical (unpaired) electrons. The Labute approximate surface area is 100 Å². The second-order valence-corrected chi connectivity index (χ2v) is 3.53. The molecule has 0 bridgehead atoms. The molecule has 1 aromatic heterocycles. The molecule has 2 N–H and O–H groups in total. The first kappa shape index (κ1) is 12.0. The number of nitrogens with zero attached hydrogens (tertiary/aromatic N) is 3. The first-order valence-corrected chi connectivity index (χ1v) is 4.85. The van der Waals surface area contributed by atoms with Crippen molar-refractivity contribution in [2.24, 2.45) is 0 Å². The molecule has 0 aliphatic carbocycles. The van der Waals surface area contributed by atoms with Gasteiger partial charge < -0.3 is 5.73 Å². The molecule has 7 heteroatoms. The van der Waals surface area contributed by atoms with E-state index in [1.54, 1.807) is 0 Å². The molecule has 0 saturated heterocycles. The van der Waals surface area contributed by atoms with Crippen LogP contribution in [0.15, 0.2) is 30.3 Å². The van der Waals surface area contributed by atoms with E-state index in [0.717, 1.165) is 6.07 Å². The molecule has 92 valence electrons. The van der Waals surface area contributed by atoms with Crippen LogP contribution in [0.4, 0.5) is 19.0 Å². The fraction of sp³-hybridized carbons (Fsp3) is 0.0909. The van der Waals surface area contributed by atoms with Crippen LogP contribution in [-0.4, -0.2) is 9.78 Å². The summed E-state index contributed by atoms with van der Waals surface area (Å²) in [7, 11) is 0. The maximum absolute atomic E-state index is 12.7. The van der Waals surface area contributed by atoms with Gasteiger partial charge in [0.1, 0.15) is 11.5 Å². The largest absolute Gasteiger partial charge is 0.433 e. The van der Waals surface area contributed by atoms with Crippen LogP contribution in [0.1, 0.15) is 11.3 Å². The summed E-state index contributed by atoms with van der Waals surface area (Å²) in [4.78, 5) is 0. The average Bonchev–Trinajstić information content (AvgIpc) is 2.71. The molecule has 2 rings (SSSR count). The molecule has 0 fully saturated rings. The van der Waals surface area contributed by atoms with Gasteiger partial charge in [0.2, 0.25) is 0 Å². The number of aromatic nitrogens is 2. The fourth-order valence-corrected chi connectivity index (χ4v) is 1.51. The Hall–Kier alpha value is -2.49. The van der Waals surface area contributed by atoms with E-state index in [2.05, 4.69) is 5.10 Å². The van der Waals surface area contributed by atoms with Crippen molar-refractivity contribution in [3.05, 3.63) is 41.6 Å². The molecule has 18 heavy (non-hydrogen) atoms. The maximum Gasteiger partial charge on any atom is 0.433 e. The number of nitriles is 1. The third-order valence-corrected chi connectivity index (χ3v) is 2.24. The second-order valence-electron chi connectivity index (χ2n) is 3.53. The number of hydrogen-bond acceptors (Lipinski definition) is 3. The number of benzene rings is 1. The highest BCUT2D eigenvalue weighted by Gasteiger charge is 2.36. The zero-order valence-electron chi connectivity index (χ0n) is 8.94. The Morgan fingerprint density at radius 2 is 2.00 bits per heavy atom. The average molecular weight is 252 g/mol. The van der Waals surface area contributed by atoms with Crippen molar-refractivity contribution in [2.75, 3.05) is 5.73 Å². The molecular weight excluding hydrogens is 245 g/mol. The van der Waals surface area contributed by atoms with E-state index in [4.69, 9.17) is 11.0 Å². The summed E-state index contributed by atoms with van der Waals surface area (Å²) >= 11 is 0. The number of halogens is 3. The van der Waals surface area contributed by atoms with Crippen LogP contribution >= 0.6 is 0 Å². The fourth-order valence-electron chi connectivity index (χ4n) is 1.51. The lowest BCUT2D eigenvalue weighted by molar-refractivity contribution is -0.142. The van der Waals surface area contributed by atoms with Crippen molar-refractivity contribution in [1.82, 2.24) is 9.78 Å². The molecule has 0 unspecified atom stereocenters. The quantitative estimate of drug-likeness (QED) is 0.847. The van der Waals surface area contributed by atoms with Gasteiger partial charge in [-0.2, -0.15) is 23.5 Å². The normalized spacial score (nSPS) is 11.2.